The number of amides is 1. The topological polar surface area (TPSA) is 116 Å². The molecule has 4 rings (SSSR count). The molecule has 1 aliphatic rings. The molecule has 0 bridgehead atoms. The molecule has 0 unspecified atom stereocenters. The van der Waals surface area contributed by atoms with Gasteiger partial charge in [-0.2, -0.15) is 10.4 Å². The van der Waals surface area contributed by atoms with Gasteiger partial charge < -0.3 is 15.6 Å². The van der Waals surface area contributed by atoms with E-state index >= 15 is 0 Å². The smallest absolute Gasteiger partial charge is 0.261 e. The fourth-order valence-corrected chi connectivity index (χ4v) is 4.16. The molecule has 3 aromatic rings. The van der Waals surface area contributed by atoms with E-state index in [4.69, 9.17) is 5.10 Å². The lowest BCUT2D eigenvalue weighted by Gasteiger charge is -2.27. The van der Waals surface area contributed by atoms with Gasteiger partial charge in [-0.3, -0.25) is 14.3 Å². The number of hydrogen-bond acceptors (Lipinski definition) is 5. The number of anilines is 2. The van der Waals surface area contributed by atoms with Crippen LogP contribution in [0.15, 0.2) is 41.3 Å². The number of nitriles is 1. The number of carbonyl (C=O) groups is 1. The Morgan fingerprint density at radius 2 is 2.00 bits per heavy atom. The molecule has 148 valence electrons. The minimum atomic E-state index is -0.385. The summed E-state index contributed by atoms with van der Waals surface area (Å²) in [6.07, 6.45) is 5.78. The first kappa shape index (κ1) is 18.7. The molecule has 1 aromatic carbocycles. The monoisotopic (exact) mass is 390 g/mol. The Bertz CT molecular complexity index is 1150. The molecule has 29 heavy (non-hydrogen) atoms. The van der Waals surface area contributed by atoms with Crippen molar-refractivity contribution in [1.29, 1.82) is 5.26 Å². The molecule has 0 atom stereocenters. The van der Waals surface area contributed by atoms with E-state index in [-0.39, 0.29) is 17.0 Å². The Morgan fingerprint density at radius 3 is 2.66 bits per heavy atom. The zero-order valence-electron chi connectivity index (χ0n) is 16.2. The summed E-state index contributed by atoms with van der Waals surface area (Å²) in [7, 11) is 1.58. The molecule has 0 aliphatic heterocycles. The van der Waals surface area contributed by atoms with Gasteiger partial charge in [0.2, 0.25) is 0 Å². The fourth-order valence-electron chi connectivity index (χ4n) is 4.16. The average Bonchev–Trinajstić information content (AvgIpc) is 3.35. The molecular formula is C21H22N6O2. The molecule has 1 aliphatic carbocycles. The highest BCUT2D eigenvalue weighted by Gasteiger charge is 2.38. The number of aromatic nitrogens is 3. The largest absolute Gasteiger partial charge is 0.355 e. The first-order chi connectivity index (χ1) is 14.1. The molecule has 8 nitrogen and oxygen atoms in total. The highest BCUT2D eigenvalue weighted by molar-refractivity contribution is 5.95. The van der Waals surface area contributed by atoms with E-state index in [9.17, 15) is 14.9 Å². The van der Waals surface area contributed by atoms with Crippen molar-refractivity contribution >= 4 is 28.3 Å². The molecule has 0 saturated heterocycles. The molecule has 1 amide bonds. The van der Waals surface area contributed by atoms with Gasteiger partial charge in [0.05, 0.1) is 23.5 Å². The van der Waals surface area contributed by atoms with E-state index in [0.29, 0.717) is 28.9 Å². The summed E-state index contributed by atoms with van der Waals surface area (Å²) in [5.74, 6) is 0.279. The Kier molecular flexibility index (Phi) is 4.80. The zero-order chi connectivity index (χ0) is 20.4. The Morgan fingerprint density at radius 1 is 1.28 bits per heavy atom. The van der Waals surface area contributed by atoms with E-state index in [1.165, 1.54) is 0 Å². The number of pyridine rings is 1. The van der Waals surface area contributed by atoms with Gasteiger partial charge in [-0.1, -0.05) is 12.8 Å². The van der Waals surface area contributed by atoms with E-state index in [0.717, 1.165) is 31.2 Å². The first-order valence-corrected chi connectivity index (χ1v) is 9.65. The van der Waals surface area contributed by atoms with Crippen molar-refractivity contribution in [2.45, 2.75) is 37.6 Å². The summed E-state index contributed by atoms with van der Waals surface area (Å²) in [6.45, 7) is 0. The van der Waals surface area contributed by atoms with Crippen LogP contribution in [0.4, 0.5) is 11.5 Å². The number of carbonyl (C=O) groups excluding carboxylic acids is 1. The third-order valence-electron chi connectivity index (χ3n) is 5.63. The highest BCUT2D eigenvalue weighted by Crippen LogP contribution is 2.41. The van der Waals surface area contributed by atoms with E-state index in [1.807, 2.05) is 10.7 Å². The lowest BCUT2D eigenvalue weighted by molar-refractivity contribution is 0.0963. The van der Waals surface area contributed by atoms with Gasteiger partial charge in [-0.15, -0.1) is 0 Å². The summed E-state index contributed by atoms with van der Waals surface area (Å²) in [5.41, 5.74) is 1.36. The molecule has 1 saturated carbocycles. The predicted octanol–water partition coefficient (Wildman–Crippen LogP) is 3.01. The standard InChI is InChI=1S/C21H22N6O2/c1-23-19(28)14-4-6-15(7-5-14)25-18-17-16(8-13-24-20(17)29)27(26-18)21(11-12-22)9-2-3-10-21/h4-8,13H,2-3,9-11H2,1H3,(H,23,28)(H,24,29)(H,25,26). The SMILES string of the molecule is CNC(=O)c1ccc(Nc2nn(C3(CC#N)CCCC3)c3cc[nH]c(=O)c23)cc1. The summed E-state index contributed by atoms with van der Waals surface area (Å²) in [5, 5.41) is 20.4. The fraction of sp³-hybridized carbons (Fsp3) is 0.333. The van der Waals surface area contributed by atoms with Crippen LogP contribution in [-0.4, -0.2) is 27.7 Å². The van der Waals surface area contributed by atoms with Gasteiger partial charge in [0.25, 0.3) is 11.5 Å². The van der Waals surface area contributed by atoms with E-state index < -0.39 is 0 Å². The minimum absolute atomic E-state index is 0.164. The molecule has 3 N–H and O–H groups in total. The predicted molar refractivity (Wildman–Crippen MR) is 110 cm³/mol. The molecule has 2 heterocycles. The van der Waals surface area contributed by atoms with Gasteiger partial charge in [-0.05, 0) is 43.2 Å². The number of H-pyrrole nitrogens is 1. The van der Waals surface area contributed by atoms with Crippen LogP contribution in [0.1, 0.15) is 42.5 Å². The summed E-state index contributed by atoms with van der Waals surface area (Å²) < 4.78 is 1.87. The zero-order valence-corrected chi connectivity index (χ0v) is 16.2. The van der Waals surface area contributed by atoms with Gasteiger partial charge in [0.15, 0.2) is 5.82 Å². The molecule has 2 aromatic heterocycles. The number of fused-ring (bicyclic) bond motifs is 1. The second-order valence-electron chi connectivity index (χ2n) is 7.38. The van der Waals surface area contributed by atoms with E-state index in [1.54, 1.807) is 37.5 Å². The number of nitrogens with zero attached hydrogens (tertiary/aromatic N) is 3. The summed E-state index contributed by atoms with van der Waals surface area (Å²) in [4.78, 5) is 27.0. The molecule has 0 radical (unpaired) electrons. The quantitative estimate of drug-likeness (QED) is 0.619. The number of hydrogen-bond donors (Lipinski definition) is 3. The van der Waals surface area contributed by atoms with Crippen molar-refractivity contribution in [3.05, 3.63) is 52.4 Å². The lowest BCUT2D eigenvalue weighted by atomic mass is 9.94. The van der Waals surface area contributed by atoms with Crippen LogP contribution in [0.2, 0.25) is 0 Å². The van der Waals surface area contributed by atoms with E-state index in [2.05, 4.69) is 21.7 Å². The van der Waals surface area contributed by atoms with Gasteiger partial charge in [0, 0.05) is 24.5 Å². The first-order valence-electron chi connectivity index (χ1n) is 9.65. The third kappa shape index (κ3) is 3.25. The maximum Gasteiger partial charge on any atom is 0.261 e. The number of nitrogens with one attached hydrogen (secondary N) is 3. The summed E-state index contributed by atoms with van der Waals surface area (Å²) >= 11 is 0. The highest BCUT2D eigenvalue weighted by atomic mass is 16.1. The van der Waals surface area contributed by atoms with Gasteiger partial charge >= 0.3 is 0 Å². The Labute approximate surface area is 167 Å². The summed E-state index contributed by atoms with van der Waals surface area (Å²) in [6, 6.07) is 11.1. The van der Waals surface area contributed by atoms with Crippen LogP contribution < -0.4 is 16.2 Å². The third-order valence-corrected chi connectivity index (χ3v) is 5.63. The number of aromatic amines is 1. The molecular weight excluding hydrogens is 368 g/mol. The second kappa shape index (κ2) is 7.43. The molecule has 1 fully saturated rings. The van der Waals surface area contributed by atoms with Crippen LogP contribution in [0.25, 0.3) is 10.9 Å². The maximum absolute atomic E-state index is 12.6. The average molecular weight is 390 g/mol. The van der Waals surface area contributed by atoms with Crippen molar-refractivity contribution in [2.24, 2.45) is 0 Å². The lowest BCUT2D eigenvalue weighted by Crippen LogP contribution is -2.31. The van der Waals surface area contributed by atoms with Crippen molar-refractivity contribution < 1.29 is 4.79 Å². The minimum Gasteiger partial charge on any atom is -0.355 e. The normalized spacial score (nSPS) is 15.2. The van der Waals surface area contributed by atoms with Crippen molar-refractivity contribution in [1.82, 2.24) is 20.1 Å². The van der Waals surface area contributed by atoms with Gasteiger partial charge in [0.1, 0.15) is 5.39 Å². The van der Waals surface area contributed by atoms with Crippen molar-refractivity contribution in [2.75, 3.05) is 12.4 Å². The van der Waals surface area contributed by atoms with Crippen LogP contribution in [0.5, 0.6) is 0 Å². The van der Waals surface area contributed by atoms with Crippen molar-refractivity contribution in [3.63, 3.8) is 0 Å². The number of benzene rings is 1. The van der Waals surface area contributed by atoms with Gasteiger partial charge in [-0.25, -0.2) is 0 Å². The Balaban J connectivity index is 1.78. The molecule has 8 heteroatoms. The second-order valence-corrected chi connectivity index (χ2v) is 7.38. The van der Waals surface area contributed by atoms with Crippen LogP contribution in [0, 0.1) is 11.3 Å². The number of rotatable bonds is 5. The van der Waals surface area contributed by atoms with Crippen LogP contribution in [0.3, 0.4) is 0 Å². The van der Waals surface area contributed by atoms with Crippen molar-refractivity contribution in [3.8, 4) is 6.07 Å². The molecule has 0 spiro atoms. The maximum atomic E-state index is 12.6. The Hall–Kier alpha value is -3.60. The van der Waals surface area contributed by atoms with Crippen LogP contribution in [-0.2, 0) is 5.54 Å². The van der Waals surface area contributed by atoms with Crippen LogP contribution >= 0.6 is 0 Å².